The number of aliphatic hydroxyl groups excluding tert-OH is 1. The smallest absolute Gasteiger partial charge is 0.253 e. The van der Waals surface area contributed by atoms with Crippen molar-refractivity contribution in [1.29, 1.82) is 0 Å². The van der Waals surface area contributed by atoms with Gasteiger partial charge in [0.1, 0.15) is 0 Å². The minimum atomic E-state index is -0.417. The molecule has 1 N–H and O–H groups in total. The molecule has 3 rings (SSSR count). The maximum absolute atomic E-state index is 12.6. The molecular weight excluding hydrogens is 330 g/mol. The first kappa shape index (κ1) is 14.5. The highest BCUT2D eigenvalue weighted by molar-refractivity contribution is 9.10. The molecule has 1 heterocycles. The number of carbonyl (C=O) groups excluding carboxylic acids is 1. The van der Waals surface area contributed by atoms with E-state index in [0.717, 1.165) is 28.2 Å². The molecule has 0 aliphatic carbocycles. The molecule has 2 aromatic rings. The normalized spacial score (nSPS) is 22.5. The van der Waals surface area contributed by atoms with Crippen LogP contribution in [0.5, 0.6) is 0 Å². The lowest BCUT2D eigenvalue weighted by molar-refractivity contribution is 0.0249. The van der Waals surface area contributed by atoms with E-state index < -0.39 is 6.10 Å². The van der Waals surface area contributed by atoms with Gasteiger partial charge in [-0.2, -0.15) is 0 Å². The van der Waals surface area contributed by atoms with Gasteiger partial charge >= 0.3 is 0 Å². The van der Waals surface area contributed by atoms with Crippen LogP contribution in [0.2, 0.25) is 0 Å². The van der Waals surface area contributed by atoms with Crippen molar-refractivity contribution in [2.45, 2.75) is 19.4 Å². The maximum atomic E-state index is 12.6. The van der Waals surface area contributed by atoms with Gasteiger partial charge in [-0.3, -0.25) is 4.79 Å². The lowest BCUT2D eigenvalue weighted by atomic mass is 9.95. The summed E-state index contributed by atoms with van der Waals surface area (Å²) < 4.78 is 1.03. The van der Waals surface area contributed by atoms with Crippen molar-refractivity contribution in [2.24, 2.45) is 5.92 Å². The Labute approximate surface area is 132 Å². The van der Waals surface area contributed by atoms with Gasteiger partial charge < -0.3 is 10.0 Å². The molecule has 3 nitrogen and oxygen atoms in total. The molecule has 0 spiro atoms. The Morgan fingerprint density at radius 2 is 1.95 bits per heavy atom. The fourth-order valence-corrected chi connectivity index (χ4v) is 3.14. The second kappa shape index (κ2) is 5.78. The number of piperidine rings is 1. The van der Waals surface area contributed by atoms with Crippen molar-refractivity contribution in [3.05, 3.63) is 46.4 Å². The summed E-state index contributed by atoms with van der Waals surface area (Å²) in [6.07, 6.45) is 0.437. The topological polar surface area (TPSA) is 40.5 Å². The summed E-state index contributed by atoms with van der Waals surface area (Å²) in [5.41, 5.74) is 0.687. The highest BCUT2D eigenvalue weighted by Crippen LogP contribution is 2.23. The van der Waals surface area contributed by atoms with E-state index in [0.29, 0.717) is 12.1 Å². The third-order valence-corrected chi connectivity index (χ3v) is 4.75. The van der Waals surface area contributed by atoms with Crippen LogP contribution < -0.4 is 0 Å². The van der Waals surface area contributed by atoms with Crippen molar-refractivity contribution in [2.75, 3.05) is 13.1 Å². The van der Waals surface area contributed by atoms with Crippen LogP contribution in [0.3, 0.4) is 0 Å². The number of hydrogen-bond acceptors (Lipinski definition) is 2. The fourth-order valence-electron chi connectivity index (χ4n) is 2.77. The molecule has 2 aromatic carbocycles. The van der Waals surface area contributed by atoms with Crippen LogP contribution in [0.4, 0.5) is 0 Å². The summed E-state index contributed by atoms with van der Waals surface area (Å²) >= 11 is 3.45. The van der Waals surface area contributed by atoms with Crippen molar-refractivity contribution >= 4 is 32.6 Å². The molecule has 1 aliphatic rings. The van der Waals surface area contributed by atoms with Gasteiger partial charge in [0.15, 0.2) is 0 Å². The monoisotopic (exact) mass is 347 g/mol. The molecule has 2 unspecified atom stereocenters. The minimum Gasteiger partial charge on any atom is -0.391 e. The Kier molecular flexibility index (Phi) is 4.00. The number of halogens is 1. The van der Waals surface area contributed by atoms with E-state index in [1.165, 1.54) is 0 Å². The molecule has 110 valence electrons. The average Bonchev–Trinajstić information content (AvgIpc) is 2.49. The molecular formula is C17H18BrNO2. The minimum absolute atomic E-state index is 0.00534. The van der Waals surface area contributed by atoms with Crippen LogP contribution in [0, 0.1) is 5.92 Å². The largest absolute Gasteiger partial charge is 0.391 e. The second-order valence-electron chi connectivity index (χ2n) is 5.79. The number of amides is 1. The Morgan fingerprint density at radius 3 is 2.71 bits per heavy atom. The van der Waals surface area contributed by atoms with Gasteiger partial charge in [-0.25, -0.2) is 0 Å². The van der Waals surface area contributed by atoms with Gasteiger partial charge in [-0.15, -0.1) is 0 Å². The van der Waals surface area contributed by atoms with Crippen LogP contribution in [0.1, 0.15) is 23.7 Å². The number of rotatable bonds is 1. The molecule has 1 saturated heterocycles. The summed E-state index contributed by atoms with van der Waals surface area (Å²) in [5.74, 6) is 0.272. The van der Waals surface area contributed by atoms with E-state index in [1.807, 2.05) is 43.3 Å². The highest BCUT2D eigenvalue weighted by atomic mass is 79.9. The lowest BCUT2D eigenvalue weighted by Crippen LogP contribution is -2.45. The van der Waals surface area contributed by atoms with Crippen LogP contribution in [0.25, 0.3) is 10.8 Å². The number of benzene rings is 2. The van der Waals surface area contributed by atoms with Crippen molar-refractivity contribution < 1.29 is 9.90 Å². The van der Waals surface area contributed by atoms with Gasteiger partial charge in [-0.1, -0.05) is 35.0 Å². The van der Waals surface area contributed by atoms with E-state index >= 15 is 0 Å². The van der Waals surface area contributed by atoms with Crippen LogP contribution in [0.15, 0.2) is 40.9 Å². The highest BCUT2D eigenvalue weighted by Gasteiger charge is 2.27. The Morgan fingerprint density at radius 1 is 1.24 bits per heavy atom. The van der Waals surface area contributed by atoms with E-state index in [2.05, 4.69) is 15.9 Å². The molecule has 1 aliphatic heterocycles. The molecule has 0 radical (unpaired) electrons. The van der Waals surface area contributed by atoms with Crippen molar-refractivity contribution in [3.63, 3.8) is 0 Å². The standard InChI is InChI=1S/C17H18BrNO2/c1-11-6-7-19(10-16(11)20)17(21)14-3-2-13-9-15(18)5-4-12(13)8-14/h2-5,8-9,11,16,20H,6-7,10H2,1H3. The van der Waals surface area contributed by atoms with E-state index in [9.17, 15) is 9.90 Å². The van der Waals surface area contributed by atoms with Crippen LogP contribution in [-0.2, 0) is 0 Å². The summed E-state index contributed by atoms with van der Waals surface area (Å²) in [7, 11) is 0. The fraction of sp³-hybridized carbons (Fsp3) is 0.353. The van der Waals surface area contributed by atoms with Crippen LogP contribution >= 0.6 is 15.9 Å². The average molecular weight is 348 g/mol. The van der Waals surface area contributed by atoms with Gasteiger partial charge in [0.05, 0.1) is 6.10 Å². The van der Waals surface area contributed by atoms with E-state index in [-0.39, 0.29) is 11.8 Å². The van der Waals surface area contributed by atoms with Gasteiger partial charge in [-0.05, 0) is 47.4 Å². The number of aliphatic hydroxyl groups is 1. The summed E-state index contributed by atoms with van der Waals surface area (Å²) in [5, 5.41) is 12.1. The molecule has 0 saturated carbocycles. The van der Waals surface area contributed by atoms with Crippen molar-refractivity contribution in [3.8, 4) is 0 Å². The lowest BCUT2D eigenvalue weighted by Gasteiger charge is -2.34. The number of likely N-dealkylation sites (tertiary alicyclic amines) is 1. The molecule has 0 bridgehead atoms. The molecule has 21 heavy (non-hydrogen) atoms. The number of β-amino-alcohol motifs (C(OH)–C–C–N with tert-alkyl or cyclic N) is 1. The zero-order valence-electron chi connectivity index (χ0n) is 11.9. The number of carbonyl (C=O) groups is 1. The van der Waals surface area contributed by atoms with E-state index in [1.54, 1.807) is 4.90 Å². The summed E-state index contributed by atoms with van der Waals surface area (Å²) in [6.45, 7) is 3.17. The third kappa shape index (κ3) is 2.97. The first-order chi connectivity index (χ1) is 10.0. The Bertz CT molecular complexity index is 686. The third-order valence-electron chi connectivity index (χ3n) is 4.26. The van der Waals surface area contributed by atoms with E-state index in [4.69, 9.17) is 0 Å². The molecule has 0 aromatic heterocycles. The van der Waals surface area contributed by atoms with Gasteiger partial charge in [0.2, 0.25) is 0 Å². The zero-order valence-corrected chi connectivity index (χ0v) is 13.5. The number of hydrogen-bond donors (Lipinski definition) is 1. The number of fused-ring (bicyclic) bond motifs is 1. The summed E-state index contributed by atoms with van der Waals surface area (Å²) in [6, 6.07) is 11.8. The predicted octanol–water partition coefficient (Wildman–Crippen LogP) is 3.45. The van der Waals surface area contributed by atoms with Crippen molar-refractivity contribution in [1.82, 2.24) is 4.90 Å². The first-order valence-electron chi connectivity index (χ1n) is 7.21. The van der Waals surface area contributed by atoms with Gasteiger partial charge in [0.25, 0.3) is 5.91 Å². The molecule has 4 heteroatoms. The Balaban J connectivity index is 1.86. The van der Waals surface area contributed by atoms with Crippen LogP contribution in [-0.4, -0.2) is 35.1 Å². The SMILES string of the molecule is CC1CCN(C(=O)c2ccc3cc(Br)ccc3c2)CC1O. The summed E-state index contributed by atoms with van der Waals surface area (Å²) in [4.78, 5) is 14.3. The molecule has 2 atom stereocenters. The quantitative estimate of drug-likeness (QED) is 0.858. The first-order valence-corrected chi connectivity index (χ1v) is 8.00. The molecule has 1 amide bonds. The second-order valence-corrected chi connectivity index (χ2v) is 6.71. The zero-order chi connectivity index (χ0) is 15.0. The maximum Gasteiger partial charge on any atom is 0.253 e. The predicted molar refractivity (Wildman–Crippen MR) is 87.3 cm³/mol. The number of nitrogens with zero attached hydrogens (tertiary/aromatic N) is 1. The Hall–Kier alpha value is -1.39. The molecule has 1 fully saturated rings. The van der Waals surface area contributed by atoms with Gasteiger partial charge in [0, 0.05) is 23.1 Å².